The standard InChI is InChI=1S/C30H34Cl2N2O2/c1-33(29(36)23-8-4-2-5-9-23)21-25(24-12-13-27(31)28(32)20-24)14-17-34-18-15-30(22-35,16-19-34)26-10-6-3-7-11-26/h2-13,20,25,35H,14-19,21-22H2,1H3. The summed E-state index contributed by atoms with van der Waals surface area (Å²) >= 11 is 12.5. The van der Waals surface area contributed by atoms with Crippen LogP contribution in [0.25, 0.3) is 0 Å². The van der Waals surface area contributed by atoms with E-state index < -0.39 is 0 Å². The van der Waals surface area contributed by atoms with Gasteiger partial charge in [-0.15, -0.1) is 0 Å². The maximum Gasteiger partial charge on any atom is 0.253 e. The van der Waals surface area contributed by atoms with E-state index >= 15 is 0 Å². The Morgan fingerprint density at radius 1 is 0.972 bits per heavy atom. The van der Waals surface area contributed by atoms with Crippen molar-refractivity contribution in [3.8, 4) is 0 Å². The van der Waals surface area contributed by atoms with E-state index in [1.165, 1.54) is 5.56 Å². The summed E-state index contributed by atoms with van der Waals surface area (Å²) in [7, 11) is 1.86. The first-order valence-corrected chi connectivity index (χ1v) is 13.3. The number of rotatable bonds is 9. The molecule has 4 nitrogen and oxygen atoms in total. The van der Waals surface area contributed by atoms with E-state index in [0.29, 0.717) is 22.2 Å². The van der Waals surface area contributed by atoms with Crippen LogP contribution in [-0.2, 0) is 5.41 Å². The van der Waals surface area contributed by atoms with E-state index in [-0.39, 0.29) is 23.8 Å². The van der Waals surface area contributed by atoms with E-state index in [4.69, 9.17) is 23.2 Å². The highest BCUT2D eigenvalue weighted by molar-refractivity contribution is 6.42. The molecular formula is C30H34Cl2N2O2. The van der Waals surface area contributed by atoms with Crippen LogP contribution in [0.2, 0.25) is 10.0 Å². The minimum atomic E-state index is -0.164. The molecule has 0 aromatic heterocycles. The van der Waals surface area contributed by atoms with Crippen molar-refractivity contribution in [1.82, 2.24) is 9.80 Å². The molecule has 4 rings (SSSR count). The fourth-order valence-corrected chi connectivity index (χ4v) is 5.52. The van der Waals surface area contributed by atoms with E-state index in [9.17, 15) is 9.90 Å². The lowest BCUT2D eigenvalue weighted by Gasteiger charge is -2.41. The van der Waals surface area contributed by atoms with Crippen LogP contribution in [0.1, 0.15) is 46.7 Å². The van der Waals surface area contributed by atoms with E-state index in [2.05, 4.69) is 17.0 Å². The molecule has 0 radical (unpaired) electrons. The second kappa shape index (κ2) is 12.2. The molecule has 0 aliphatic carbocycles. The number of hydrogen-bond acceptors (Lipinski definition) is 3. The molecule has 1 heterocycles. The van der Waals surface area contributed by atoms with Crippen molar-refractivity contribution < 1.29 is 9.90 Å². The van der Waals surface area contributed by atoms with Crippen molar-refractivity contribution in [3.05, 3.63) is 106 Å². The summed E-state index contributed by atoms with van der Waals surface area (Å²) in [4.78, 5) is 17.3. The minimum Gasteiger partial charge on any atom is -0.395 e. The zero-order valence-corrected chi connectivity index (χ0v) is 22.3. The second-order valence-corrected chi connectivity index (χ2v) is 10.7. The molecule has 6 heteroatoms. The lowest BCUT2D eigenvalue weighted by molar-refractivity contribution is 0.0775. The third kappa shape index (κ3) is 6.30. The third-order valence-corrected chi connectivity index (χ3v) is 8.31. The van der Waals surface area contributed by atoms with E-state index in [0.717, 1.165) is 44.5 Å². The highest BCUT2D eigenvalue weighted by Gasteiger charge is 2.35. The molecule has 0 spiro atoms. The number of carbonyl (C=O) groups excluding carboxylic acids is 1. The fourth-order valence-electron chi connectivity index (χ4n) is 5.22. The number of carbonyl (C=O) groups is 1. The van der Waals surface area contributed by atoms with Gasteiger partial charge in [0.1, 0.15) is 0 Å². The van der Waals surface area contributed by atoms with Gasteiger partial charge in [-0.05, 0) is 74.3 Å². The first-order valence-electron chi connectivity index (χ1n) is 12.6. The summed E-state index contributed by atoms with van der Waals surface area (Å²) in [6.45, 7) is 3.53. The van der Waals surface area contributed by atoms with Crippen molar-refractivity contribution in [3.63, 3.8) is 0 Å². The molecule has 0 saturated carbocycles. The van der Waals surface area contributed by atoms with Gasteiger partial charge in [0, 0.05) is 30.5 Å². The van der Waals surface area contributed by atoms with Gasteiger partial charge in [-0.1, -0.05) is 77.8 Å². The molecule has 1 saturated heterocycles. The number of aliphatic hydroxyl groups is 1. The monoisotopic (exact) mass is 524 g/mol. The van der Waals surface area contributed by atoms with Gasteiger partial charge in [0.25, 0.3) is 5.91 Å². The van der Waals surface area contributed by atoms with Gasteiger partial charge in [-0.2, -0.15) is 0 Å². The summed E-state index contributed by atoms with van der Waals surface area (Å²) < 4.78 is 0. The molecule has 0 bridgehead atoms. The number of nitrogens with zero attached hydrogens (tertiary/aromatic N) is 2. The number of amides is 1. The average molecular weight is 526 g/mol. The van der Waals surface area contributed by atoms with Crippen LogP contribution in [0, 0.1) is 0 Å². The van der Waals surface area contributed by atoms with Crippen LogP contribution in [0.4, 0.5) is 0 Å². The van der Waals surface area contributed by atoms with Gasteiger partial charge < -0.3 is 14.9 Å². The largest absolute Gasteiger partial charge is 0.395 e. The molecule has 1 fully saturated rings. The molecule has 1 amide bonds. The number of hydrogen-bond donors (Lipinski definition) is 1. The number of aliphatic hydroxyl groups excluding tert-OH is 1. The predicted molar refractivity (Wildman–Crippen MR) is 148 cm³/mol. The molecule has 1 unspecified atom stereocenters. The minimum absolute atomic E-state index is 0.00854. The average Bonchev–Trinajstić information content (AvgIpc) is 2.93. The zero-order valence-electron chi connectivity index (χ0n) is 20.7. The smallest absolute Gasteiger partial charge is 0.253 e. The van der Waals surface area contributed by atoms with Gasteiger partial charge in [0.2, 0.25) is 0 Å². The summed E-state index contributed by atoms with van der Waals surface area (Å²) in [5, 5.41) is 11.3. The lowest BCUT2D eigenvalue weighted by atomic mass is 9.73. The van der Waals surface area contributed by atoms with Gasteiger partial charge in [0.05, 0.1) is 16.7 Å². The molecule has 1 aliphatic heterocycles. The molecule has 36 heavy (non-hydrogen) atoms. The highest BCUT2D eigenvalue weighted by Crippen LogP contribution is 2.36. The normalized spacial score (nSPS) is 16.4. The Kier molecular flexibility index (Phi) is 9.08. The van der Waals surface area contributed by atoms with Crippen LogP contribution < -0.4 is 0 Å². The van der Waals surface area contributed by atoms with Gasteiger partial charge in [0.15, 0.2) is 0 Å². The number of likely N-dealkylation sites (N-methyl/N-ethyl adjacent to an activating group) is 1. The number of likely N-dealkylation sites (tertiary alicyclic amines) is 1. The van der Waals surface area contributed by atoms with Crippen molar-refractivity contribution in [1.29, 1.82) is 0 Å². The summed E-state index contributed by atoms with van der Waals surface area (Å²) in [6, 6.07) is 25.5. The Bertz CT molecular complexity index is 1130. The van der Waals surface area contributed by atoms with E-state index in [1.54, 1.807) is 4.90 Å². The summed E-state index contributed by atoms with van der Waals surface area (Å²) in [5.41, 5.74) is 2.83. The molecule has 3 aromatic rings. The maximum atomic E-state index is 13.0. The highest BCUT2D eigenvalue weighted by atomic mass is 35.5. The number of piperidine rings is 1. The first-order chi connectivity index (χ1) is 17.4. The lowest BCUT2D eigenvalue weighted by Crippen LogP contribution is -2.45. The second-order valence-electron chi connectivity index (χ2n) is 9.86. The van der Waals surface area contributed by atoms with Crippen molar-refractivity contribution in [2.45, 2.75) is 30.6 Å². The Morgan fingerprint density at radius 3 is 2.22 bits per heavy atom. The number of halogens is 2. The van der Waals surface area contributed by atoms with E-state index in [1.807, 2.05) is 73.8 Å². The van der Waals surface area contributed by atoms with Gasteiger partial charge in [-0.3, -0.25) is 4.79 Å². The van der Waals surface area contributed by atoms with Crippen LogP contribution in [-0.4, -0.2) is 60.6 Å². The summed E-state index contributed by atoms with van der Waals surface area (Å²) in [5.74, 6) is 0.130. The van der Waals surface area contributed by atoms with Gasteiger partial charge in [-0.25, -0.2) is 0 Å². The fraction of sp³-hybridized carbons (Fsp3) is 0.367. The van der Waals surface area contributed by atoms with Crippen LogP contribution in [0.5, 0.6) is 0 Å². The number of benzene rings is 3. The Morgan fingerprint density at radius 2 is 1.61 bits per heavy atom. The molecule has 1 atom stereocenters. The van der Waals surface area contributed by atoms with Crippen LogP contribution in [0.3, 0.4) is 0 Å². The van der Waals surface area contributed by atoms with Crippen molar-refractivity contribution >= 4 is 29.1 Å². The van der Waals surface area contributed by atoms with Crippen LogP contribution in [0.15, 0.2) is 78.9 Å². The predicted octanol–water partition coefficient (Wildman–Crippen LogP) is 6.27. The third-order valence-electron chi connectivity index (χ3n) is 7.57. The maximum absolute atomic E-state index is 13.0. The zero-order chi connectivity index (χ0) is 25.5. The topological polar surface area (TPSA) is 43.8 Å². The SMILES string of the molecule is CN(CC(CCN1CCC(CO)(c2ccccc2)CC1)c1ccc(Cl)c(Cl)c1)C(=O)c1ccccc1. The van der Waals surface area contributed by atoms with Crippen molar-refractivity contribution in [2.24, 2.45) is 0 Å². The summed E-state index contributed by atoms with van der Waals surface area (Å²) in [6.07, 6.45) is 2.75. The molecular weight excluding hydrogens is 491 g/mol. The Balaban J connectivity index is 1.43. The van der Waals surface area contributed by atoms with Crippen LogP contribution >= 0.6 is 23.2 Å². The first kappa shape index (κ1) is 26.7. The molecule has 190 valence electrons. The Hall–Kier alpha value is -2.37. The molecule has 1 N–H and O–H groups in total. The Labute approximate surface area is 224 Å². The molecule has 3 aromatic carbocycles. The van der Waals surface area contributed by atoms with Crippen molar-refractivity contribution in [2.75, 3.05) is 39.8 Å². The molecule has 1 aliphatic rings. The quantitative estimate of drug-likeness (QED) is 0.359. The van der Waals surface area contributed by atoms with Gasteiger partial charge >= 0.3 is 0 Å².